The minimum atomic E-state index is -0.0210. The van der Waals surface area contributed by atoms with Crippen LogP contribution in [0.1, 0.15) is 21.7 Å². The molecule has 0 aliphatic heterocycles. The molecule has 5 rings (SSSR count). The lowest BCUT2D eigenvalue weighted by Gasteiger charge is -2.11. The highest BCUT2D eigenvalue weighted by atomic mass is 32.2. The van der Waals surface area contributed by atoms with Crippen molar-refractivity contribution < 1.29 is 4.79 Å². The maximum atomic E-state index is 12.7. The second-order valence-electron chi connectivity index (χ2n) is 7.79. The van der Waals surface area contributed by atoms with Crippen molar-refractivity contribution in [2.24, 2.45) is 0 Å². The number of hydrogen-bond acceptors (Lipinski definition) is 6. The van der Waals surface area contributed by atoms with Crippen molar-refractivity contribution >= 4 is 39.1 Å². The monoisotopic (exact) mass is 486 g/mol. The summed E-state index contributed by atoms with van der Waals surface area (Å²) in [5.41, 5.74) is 2.78. The van der Waals surface area contributed by atoms with E-state index in [9.17, 15) is 9.59 Å². The molecule has 3 aromatic carbocycles. The Morgan fingerprint density at radius 3 is 2.35 bits per heavy atom. The van der Waals surface area contributed by atoms with E-state index in [0.29, 0.717) is 29.6 Å². The minimum absolute atomic E-state index is 0.0210. The average Bonchev–Trinajstić information content (AvgIpc) is 3.42. The average molecular weight is 487 g/mol. The maximum Gasteiger partial charge on any atom is 0.308 e. The van der Waals surface area contributed by atoms with Gasteiger partial charge < -0.3 is 4.57 Å². The molecule has 2 heterocycles. The third-order valence-electron chi connectivity index (χ3n) is 5.56. The molecule has 0 atom stereocenters. The molecule has 2 aromatic heterocycles. The highest BCUT2D eigenvalue weighted by molar-refractivity contribution is 7.99. The lowest BCUT2D eigenvalue weighted by molar-refractivity contribution is 0.102. The Morgan fingerprint density at radius 1 is 0.853 bits per heavy atom. The molecule has 34 heavy (non-hydrogen) atoms. The van der Waals surface area contributed by atoms with Crippen molar-refractivity contribution in [1.29, 1.82) is 0 Å². The van der Waals surface area contributed by atoms with E-state index in [2.05, 4.69) is 22.3 Å². The molecule has 0 aliphatic carbocycles. The molecular weight excluding hydrogens is 464 g/mol. The Morgan fingerprint density at radius 2 is 1.56 bits per heavy atom. The van der Waals surface area contributed by atoms with E-state index in [1.165, 1.54) is 28.7 Å². The summed E-state index contributed by atoms with van der Waals surface area (Å²) in [6.45, 7) is 0.989. The number of aryl methyl sites for hydroxylation is 1. The first kappa shape index (κ1) is 22.3. The van der Waals surface area contributed by atoms with E-state index in [0.717, 1.165) is 16.6 Å². The van der Waals surface area contributed by atoms with Crippen LogP contribution in [-0.4, -0.2) is 30.9 Å². The van der Waals surface area contributed by atoms with E-state index < -0.39 is 0 Å². The van der Waals surface area contributed by atoms with Gasteiger partial charge in [0.25, 0.3) is 0 Å². The standard InChI is InChI=1S/C26H22N4O2S2/c31-22(20-11-5-2-6-12-20)18-33-25-28-27-24(29(25)16-15-19-9-3-1-4-10-19)17-30-21-13-7-8-14-23(21)34-26(30)32/h1-14H,15-18H2. The van der Waals surface area contributed by atoms with Crippen LogP contribution < -0.4 is 4.87 Å². The summed E-state index contributed by atoms with van der Waals surface area (Å²) in [6.07, 6.45) is 0.797. The number of thiazole rings is 1. The van der Waals surface area contributed by atoms with Gasteiger partial charge in [-0.1, -0.05) is 95.9 Å². The summed E-state index contributed by atoms with van der Waals surface area (Å²) in [5.74, 6) is 1.02. The van der Waals surface area contributed by atoms with Crippen LogP contribution in [0.25, 0.3) is 10.2 Å². The van der Waals surface area contributed by atoms with E-state index in [1.807, 2.05) is 77.4 Å². The first-order valence-electron chi connectivity index (χ1n) is 10.9. The second kappa shape index (κ2) is 10.2. The van der Waals surface area contributed by atoms with Gasteiger partial charge in [-0.15, -0.1) is 10.2 Å². The molecule has 0 saturated heterocycles. The molecule has 0 amide bonds. The van der Waals surface area contributed by atoms with Crippen molar-refractivity contribution in [2.45, 2.75) is 24.7 Å². The van der Waals surface area contributed by atoms with Crippen molar-refractivity contribution in [3.8, 4) is 0 Å². The van der Waals surface area contributed by atoms with Crippen LogP contribution >= 0.6 is 23.1 Å². The molecule has 0 bridgehead atoms. The van der Waals surface area contributed by atoms with Gasteiger partial charge in [0, 0.05) is 12.1 Å². The predicted molar refractivity (Wildman–Crippen MR) is 137 cm³/mol. The zero-order valence-electron chi connectivity index (χ0n) is 18.3. The lowest BCUT2D eigenvalue weighted by Crippen LogP contribution is -2.18. The molecule has 0 unspecified atom stereocenters. The van der Waals surface area contributed by atoms with E-state index in [1.54, 1.807) is 4.57 Å². The topological polar surface area (TPSA) is 69.8 Å². The fraction of sp³-hybridized carbons (Fsp3) is 0.154. The summed E-state index contributed by atoms with van der Waals surface area (Å²) in [5, 5.41) is 9.51. The first-order chi connectivity index (χ1) is 16.7. The number of ketones is 1. The smallest absolute Gasteiger partial charge is 0.304 e. The summed E-state index contributed by atoms with van der Waals surface area (Å²) in [4.78, 5) is 25.3. The number of thioether (sulfide) groups is 1. The second-order valence-corrected chi connectivity index (χ2v) is 9.72. The van der Waals surface area contributed by atoms with Crippen LogP contribution in [0.15, 0.2) is 94.9 Å². The molecule has 0 N–H and O–H groups in total. The van der Waals surface area contributed by atoms with Crippen molar-refractivity contribution in [1.82, 2.24) is 19.3 Å². The van der Waals surface area contributed by atoms with Gasteiger partial charge in [-0.3, -0.25) is 14.2 Å². The number of nitrogens with zero attached hydrogens (tertiary/aromatic N) is 4. The number of para-hydroxylation sites is 1. The van der Waals surface area contributed by atoms with Gasteiger partial charge >= 0.3 is 4.87 Å². The Labute approximate surface area is 204 Å². The van der Waals surface area contributed by atoms with Gasteiger partial charge in [-0.25, -0.2) is 0 Å². The molecular formula is C26H22N4O2S2. The number of fused-ring (bicyclic) bond motifs is 1. The molecule has 8 heteroatoms. The zero-order chi connectivity index (χ0) is 23.3. The number of rotatable bonds is 9. The number of carbonyl (C=O) groups is 1. The number of benzene rings is 3. The molecule has 0 saturated carbocycles. The van der Waals surface area contributed by atoms with Gasteiger partial charge in [0.1, 0.15) is 0 Å². The number of aromatic nitrogens is 4. The van der Waals surface area contributed by atoms with Gasteiger partial charge in [0.2, 0.25) is 0 Å². The fourth-order valence-electron chi connectivity index (χ4n) is 3.80. The summed E-state index contributed by atoms with van der Waals surface area (Å²) in [6, 6.07) is 27.3. The SMILES string of the molecule is O=C(CSc1nnc(Cn2c(=O)sc3ccccc32)n1CCc1ccccc1)c1ccccc1. The molecule has 0 fully saturated rings. The van der Waals surface area contributed by atoms with Crippen LogP contribution in [0.5, 0.6) is 0 Å². The number of hydrogen-bond donors (Lipinski definition) is 0. The van der Waals surface area contributed by atoms with E-state index >= 15 is 0 Å². The molecule has 0 spiro atoms. The van der Waals surface area contributed by atoms with Crippen LogP contribution in [0.4, 0.5) is 0 Å². The summed E-state index contributed by atoms with van der Waals surface area (Å²) >= 11 is 2.61. The Kier molecular flexibility index (Phi) is 6.69. The Balaban J connectivity index is 1.42. The number of Topliss-reactive ketones (excluding diaryl/α,β-unsaturated/α-hetero) is 1. The Bertz CT molecular complexity index is 1470. The van der Waals surface area contributed by atoms with Crippen LogP contribution in [0, 0.1) is 0 Å². The first-order valence-corrected chi connectivity index (χ1v) is 12.7. The zero-order valence-corrected chi connectivity index (χ0v) is 20.0. The van der Waals surface area contributed by atoms with Crippen molar-refractivity contribution in [2.75, 3.05) is 5.75 Å². The van der Waals surface area contributed by atoms with Crippen LogP contribution in [-0.2, 0) is 19.5 Å². The highest BCUT2D eigenvalue weighted by Gasteiger charge is 2.17. The maximum absolute atomic E-state index is 12.7. The van der Waals surface area contributed by atoms with E-state index in [-0.39, 0.29) is 16.4 Å². The quantitative estimate of drug-likeness (QED) is 0.218. The Hall–Kier alpha value is -3.49. The molecule has 6 nitrogen and oxygen atoms in total. The largest absolute Gasteiger partial charge is 0.308 e. The fourth-order valence-corrected chi connectivity index (χ4v) is 5.56. The summed E-state index contributed by atoms with van der Waals surface area (Å²) < 4.78 is 4.73. The molecule has 0 aliphatic rings. The number of carbonyl (C=O) groups excluding carboxylic acids is 1. The van der Waals surface area contributed by atoms with Crippen LogP contribution in [0.3, 0.4) is 0 Å². The third-order valence-corrected chi connectivity index (χ3v) is 7.49. The lowest BCUT2D eigenvalue weighted by atomic mass is 10.1. The van der Waals surface area contributed by atoms with Gasteiger partial charge in [-0.05, 0) is 24.1 Å². The third kappa shape index (κ3) is 4.88. The van der Waals surface area contributed by atoms with Crippen molar-refractivity contribution in [3.63, 3.8) is 0 Å². The summed E-state index contributed by atoms with van der Waals surface area (Å²) in [7, 11) is 0. The highest BCUT2D eigenvalue weighted by Crippen LogP contribution is 2.22. The minimum Gasteiger partial charge on any atom is -0.304 e. The van der Waals surface area contributed by atoms with Crippen molar-refractivity contribution in [3.05, 3.63) is 112 Å². The molecule has 0 radical (unpaired) electrons. The predicted octanol–water partition coefficient (Wildman–Crippen LogP) is 4.92. The van der Waals surface area contributed by atoms with Crippen LogP contribution in [0.2, 0.25) is 0 Å². The van der Waals surface area contributed by atoms with Gasteiger partial charge in [0.05, 0.1) is 22.5 Å². The van der Waals surface area contributed by atoms with E-state index in [4.69, 9.17) is 0 Å². The molecule has 5 aromatic rings. The van der Waals surface area contributed by atoms with Gasteiger partial charge in [0.15, 0.2) is 16.8 Å². The molecule has 170 valence electrons. The van der Waals surface area contributed by atoms with Gasteiger partial charge in [-0.2, -0.15) is 0 Å². The normalized spacial score (nSPS) is 11.2.